The van der Waals surface area contributed by atoms with Gasteiger partial charge >= 0.3 is 6.18 Å². The largest absolute Gasteiger partial charge is 0.490 e. The van der Waals surface area contributed by atoms with Gasteiger partial charge in [0.25, 0.3) is 0 Å². The second-order valence-electron chi connectivity index (χ2n) is 3.84. The molecule has 0 fully saturated rings. The van der Waals surface area contributed by atoms with Crippen LogP contribution in [0.25, 0.3) is 0 Å². The van der Waals surface area contributed by atoms with Gasteiger partial charge in [0.15, 0.2) is 6.10 Å². The van der Waals surface area contributed by atoms with Crippen LogP contribution in [-0.4, -0.2) is 24.0 Å². The summed E-state index contributed by atoms with van der Waals surface area (Å²) in [5.41, 5.74) is 6.14. The van der Waals surface area contributed by atoms with Gasteiger partial charge in [0, 0.05) is 16.6 Å². The van der Waals surface area contributed by atoms with Crippen LogP contribution >= 0.6 is 11.6 Å². The van der Waals surface area contributed by atoms with E-state index in [1.807, 2.05) is 0 Å². The van der Waals surface area contributed by atoms with Crippen molar-refractivity contribution in [1.29, 1.82) is 0 Å². The van der Waals surface area contributed by atoms with Gasteiger partial charge in [-0.25, -0.2) is 0 Å². The first kappa shape index (κ1) is 15.1. The van der Waals surface area contributed by atoms with Crippen LogP contribution < -0.4 is 10.5 Å². The normalized spacial score (nSPS) is 15.3. The average Bonchev–Trinajstić information content (AvgIpc) is 2.25. The minimum atomic E-state index is -4.71. The molecule has 0 spiro atoms. The van der Waals surface area contributed by atoms with Crippen LogP contribution in [0.4, 0.5) is 13.2 Å². The Labute approximate surface area is 107 Å². The molecule has 2 atom stereocenters. The highest BCUT2D eigenvalue weighted by Crippen LogP contribution is 2.28. The van der Waals surface area contributed by atoms with Gasteiger partial charge in [0.2, 0.25) is 0 Å². The molecule has 0 radical (unpaired) electrons. The molecule has 1 aromatic rings. The van der Waals surface area contributed by atoms with Gasteiger partial charge in [0.1, 0.15) is 12.4 Å². The molecule has 7 heteroatoms. The summed E-state index contributed by atoms with van der Waals surface area (Å²) in [6, 6.07) is 3.97. The van der Waals surface area contributed by atoms with Gasteiger partial charge in [-0.1, -0.05) is 11.6 Å². The van der Waals surface area contributed by atoms with Crippen molar-refractivity contribution >= 4 is 11.6 Å². The van der Waals surface area contributed by atoms with Crippen LogP contribution in [0, 0.1) is 0 Å². The molecule has 3 nitrogen and oxygen atoms in total. The van der Waals surface area contributed by atoms with Crippen LogP contribution in [0.2, 0.25) is 5.02 Å². The highest BCUT2D eigenvalue weighted by atomic mass is 35.5. The molecule has 0 aliphatic carbocycles. The minimum Gasteiger partial charge on any atom is -0.490 e. The Kier molecular flexibility index (Phi) is 4.84. The fourth-order valence-corrected chi connectivity index (χ4v) is 1.45. The topological polar surface area (TPSA) is 55.5 Å². The van der Waals surface area contributed by atoms with E-state index in [9.17, 15) is 13.2 Å². The van der Waals surface area contributed by atoms with E-state index in [1.54, 1.807) is 6.92 Å². The van der Waals surface area contributed by atoms with E-state index in [4.69, 9.17) is 27.2 Å². The molecular formula is C11H13ClF3NO2. The molecule has 0 heterocycles. The third kappa shape index (κ3) is 4.04. The summed E-state index contributed by atoms with van der Waals surface area (Å²) >= 11 is 5.76. The van der Waals surface area contributed by atoms with Gasteiger partial charge in [-0.15, -0.1) is 0 Å². The third-order valence-corrected chi connectivity index (χ3v) is 2.47. The Hall–Kier alpha value is -0.980. The fourth-order valence-electron chi connectivity index (χ4n) is 1.27. The first-order chi connectivity index (χ1) is 8.21. The standard InChI is InChI=1S/C11H13ClF3NO2/c1-6(16)8-4-7(12)2-3-9(8)18-5-10(17)11(13,14)15/h2-4,6,10,17H,5,16H2,1H3/t6-,10?/m0/s1. The Morgan fingerprint density at radius 3 is 2.56 bits per heavy atom. The summed E-state index contributed by atoms with van der Waals surface area (Å²) in [7, 11) is 0. The second kappa shape index (κ2) is 5.77. The van der Waals surface area contributed by atoms with Crippen LogP contribution in [0.5, 0.6) is 5.75 Å². The molecule has 0 bridgehead atoms. The van der Waals surface area contributed by atoms with Crippen LogP contribution in [0.15, 0.2) is 18.2 Å². The summed E-state index contributed by atoms with van der Waals surface area (Å²) in [6.07, 6.45) is -7.24. The van der Waals surface area contributed by atoms with E-state index in [0.29, 0.717) is 10.6 Å². The van der Waals surface area contributed by atoms with E-state index in [1.165, 1.54) is 18.2 Å². The van der Waals surface area contributed by atoms with Gasteiger partial charge in [-0.2, -0.15) is 13.2 Å². The molecule has 18 heavy (non-hydrogen) atoms. The van der Waals surface area contributed by atoms with Crippen LogP contribution in [0.1, 0.15) is 18.5 Å². The Morgan fingerprint density at radius 1 is 1.44 bits per heavy atom. The number of nitrogens with two attached hydrogens (primary N) is 1. The molecular weight excluding hydrogens is 271 g/mol. The van der Waals surface area contributed by atoms with E-state index in [0.717, 1.165) is 0 Å². The molecule has 102 valence electrons. The summed E-state index contributed by atoms with van der Waals surface area (Å²) in [4.78, 5) is 0. The smallest absolute Gasteiger partial charge is 0.417 e. The Balaban J connectivity index is 2.79. The first-order valence-corrected chi connectivity index (χ1v) is 5.52. The SMILES string of the molecule is C[C@H](N)c1cc(Cl)ccc1OCC(O)C(F)(F)F. The number of hydrogen-bond acceptors (Lipinski definition) is 3. The number of hydrogen-bond donors (Lipinski definition) is 2. The number of halogens is 4. The van der Waals surface area contributed by atoms with Crippen molar-refractivity contribution < 1.29 is 23.0 Å². The summed E-state index contributed by atoms with van der Waals surface area (Å²) < 4.78 is 41.2. The van der Waals surface area contributed by atoms with E-state index in [-0.39, 0.29) is 5.75 Å². The maximum atomic E-state index is 12.1. The summed E-state index contributed by atoms with van der Waals surface area (Å²) in [5, 5.41) is 9.23. The predicted molar refractivity (Wildman–Crippen MR) is 61.6 cm³/mol. The van der Waals surface area contributed by atoms with Crippen molar-refractivity contribution in [1.82, 2.24) is 0 Å². The maximum Gasteiger partial charge on any atom is 0.417 e. The van der Waals surface area contributed by atoms with Crippen molar-refractivity contribution in [2.24, 2.45) is 5.73 Å². The molecule has 1 aromatic carbocycles. The fraction of sp³-hybridized carbons (Fsp3) is 0.455. The molecule has 0 aliphatic heterocycles. The first-order valence-electron chi connectivity index (χ1n) is 5.14. The predicted octanol–water partition coefficient (Wildman–Crippen LogP) is 2.66. The molecule has 0 aliphatic rings. The average molecular weight is 284 g/mol. The quantitative estimate of drug-likeness (QED) is 0.893. The number of aliphatic hydroxyl groups is 1. The van der Waals surface area contributed by atoms with Crippen molar-refractivity contribution in [3.8, 4) is 5.75 Å². The van der Waals surface area contributed by atoms with Crippen LogP contribution in [0.3, 0.4) is 0 Å². The Morgan fingerprint density at radius 2 is 2.06 bits per heavy atom. The number of aliphatic hydroxyl groups excluding tert-OH is 1. The Bertz CT molecular complexity index is 410. The minimum absolute atomic E-state index is 0.178. The molecule has 0 amide bonds. The summed E-state index contributed by atoms with van der Waals surface area (Å²) in [5.74, 6) is 0.178. The van der Waals surface area contributed by atoms with E-state index < -0.39 is 24.9 Å². The lowest BCUT2D eigenvalue weighted by molar-refractivity contribution is -0.210. The van der Waals surface area contributed by atoms with Crippen molar-refractivity contribution in [3.05, 3.63) is 28.8 Å². The maximum absolute atomic E-state index is 12.1. The summed E-state index contributed by atoms with van der Waals surface area (Å²) in [6.45, 7) is 0.767. The zero-order valence-corrected chi connectivity index (χ0v) is 10.3. The monoisotopic (exact) mass is 283 g/mol. The molecule has 3 N–H and O–H groups in total. The molecule has 0 saturated carbocycles. The van der Waals surface area contributed by atoms with Crippen molar-refractivity contribution in [3.63, 3.8) is 0 Å². The highest BCUT2D eigenvalue weighted by molar-refractivity contribution is 6.30. The van der Waals surface area contributed by atoms with Gasteiger partial charge in [-0.3, -0.25) is 0 Å². The van der Waals surface area contributed by atoms with Crippen molar-refractivity contribution in [2.75, 3.05) is 6.61 Å². The van der Waals surface area contributed by atoms with Crippen LogP contribution in [-0.2, 0) is 0 Å². The molecule has 0 aromatic heterocycles. The third-order valence-electron chi connectivity index (χ3n) is 2.24. The molecule has 1 rings (SSSR count). The second-order valence-corrected chi connectivity index (χ2v) is 4.28. The molecule has 0 saturated heterocycles. The van der Waals surface area contributed by atoms with Gasteiger partial charge in [0.05, 0.1) is 0 Å². The number of alkyl halides is 3. The lowest BCUT2D eigenvalue weighted by atomic mass is 10.1. The van der Waals surface area contributed by atoms with Gasteiger partial charge < -0.3 is 15.6 Å². The number of benzene rings is 1. The van der Waals surface area contributed by atoms with Crippen molar-refractivity contribution in [2.45, 2.75) is 25.2 Å². The zero-order chi connectivity index (χ0) is 13.9. The van der Waals surface area contributed by atoms with E-state index >= 15 is 0 Å². The highest BCUT2D eigenvalue weighted by Gasteiger charge is 2.38. The van der Waals surface area contributed by atoms with Gasteiger partial charge in [-0.05, 0) is 25.1 Å². The number of rotatable bonds is 4. The zero-order valence-electron chi connectivity index (χ0n) is 9.54. The van der Waals surface area contributed by atoms with E-state index in [2.05, 4.69) is 0 Å². The molecule has 1 unspecified atom stereocenters. The lowest BCUT2D eigenvalue weighted by Crippen LogP contribution is -2.34. The lowest BCUT2D eigenvalue weighted by Gasteiger charge is -2.18. The number of ether oxygens (including phenoxy) is 1.